The van der Waals surface area contributed by atoms with E-state index < -0.39 is 0 Å². The number of halogens is 1. The van der Waals surface area contributed by atoms with Crippen molar-refractivity contribution in [2.75, 3.05) is 25.9 Å². The van der Waals surface area contributed by atoms with Crippen LogP contribution in [0.3, 0.4) is 0 Å². The van der Waals surface area contributed by atoms with Gasteiger partial charge in [-0.2, -0.15) is 0 Å². The van der Waals surface area contributed by atoms with Gasteiger partial charge in [0.25, 0.3) is 0 Å². The van der Waals surface area contributed by atoms with Crippen LogP contribution in [0.1, 0.15) is 16.3 Å². The highest BCUT2D eigenvalue weighted by atomic mass is 127. The number of nitrogens with zero attached hydrogens (tertiary/aromatic N) is 2. The van der Waals surface area contributed by atoms with Gasteiger partial charge in [0.15, 0.2) is 5.96 Å². The third kappa shape index (κ3) is 7.85. The Morgan fingerprint density at radius 2 is 1.88 bits per heavy atom. The van der Waals surface area contributed by atoms with E-state index in [1.165, 1.54) is 10.5 Å². The first-order valence-corrected chi connectivity index (χ1v) is 9.59. The Kier molecular flexibility index (Phi) is 10.4. The summed E-state index contributed by atoms with van der Waals surface area (Å²) in [5.74, 6) is 1.86. The molecule has 4 nitrogen and oxygen atoms in total. The maximum atomic E-state index is 4.46. The summed E-state index contributed by atoms with van der Waals surface area (Å²) in [6.45, 7) is 5.87. The normalized spacial score (nSPS) is 11.0. The largest absolute Gasteiger partial charge is 0.356 e. The van der Waals surface area contributed by atoms with Crippen molar-refractivity contribution in [2.24, 2.45) is 4.99 Å². The summed E-state index contributed by atoms with van der Waals surface area (Å²) in [5.41, 5.74) is 2.44. The molecule has 0 amide bonds. The highest BCUT2D eigenvalue weighted by Crippen LogP contribution is 2.17. The number of aromatic nitrogens is 1. The van der Waals surface area contributed by atoms with E-state index in [0.717, 1.165) is 41.9 Å². The number of guanidine groups is 1. The molecule has 0 aliphatic rings. The second kappa shape index (κ2) is 11.7. The van der Waals surface area contributed by atoms with Crippen LogP contribution in [0.2, 0.25) is 0 Å². The van der Waals surface area contributed by atoms with Crippen LogP contribution in [0, 0.1) is 13.8 Å². The Morgan fingerprint density at radius 1 is 1.17 bits per heavy atom. The van der Waals surface area contributed by atoms with Gasteiger partial charge >= 0.3 is 0 Å². The first kappa shape index (κ1) is 21.2. The van der Waals surface area contributed by atoms with Crippen molar-refractivity contribution in [3.8, 4) is 0 Å². The van der Waals surface area contributed by atoms with Crippen LogP contribution in [-0.4, -0.2) is 36.8 Å². The van der Waals surface area contributed by atoms with E-state index in [-0.39, 0.29) is 24.0 Å². The molecule has 0 radical (unpaired) electrons. The summed E-state index contributed by atoms with van der Waals surface area (Å²) in [4.78, 5) is 10.0. The molecule has 7 heteroatoms. The van der Waals surface area contributed by atoms with Gasteiger partial charge in [-0.25, -0.2) is 4.98 Å². The van der Waals surface area contributed by atoms with Crippen LogP contribution >= 0.6 is 47.1 Å². The van der Waals surface area contributed by atoms with Gasteiger partial charge < -0.3 is 10.6 Å². The lowest BCUT2D eigenvalue weighted by atomic mass is 10.2. The molecule has 0 aliphatic carbocycles. The molecule has 0 aliphatic heterocycles. The van der Waals surface area contributed by atoms with Crippen molar-refractivity contribution in [3.63, 3.8) is 0 Å². The molecule has 24 heavy (non-hydrogen) atoms. The predicted octanol–water partition coefficient (Wildman–Crippen LogP) is 3.88. The Balaban J connectivity index is 0.00000288. The Labute approximate surface area is 170 Å². The summed E-state index contributed by atoms with van der Waals surface area (Å²) in [6, 6.07) is 8.64. The molecule has 0 bridgehead atoms. The second-order valence-corrected chi connectivity index (χ2v) is 7.43. The molecule has 0 saturated heterocycles. The zero-order chi connectivity index (χ0) is 16.5. The van der Waals surface area contributed by atoms with Crippen LogP contribution in [0.15, 0.2) is 39.5 Å². The summed E-state index contributed by atoms with van der Waals surface area (Å²) in [6.07, 6.45) is 0.920. The van der Waals surface area contributed by atoms with Crippen molar-refractivity contribution < 1.29 is 0 Å². The van der Waals surface area contributed by atoms with Crippen LogP contribution in [0.25, 0.3) is 0 Å². The fraction of sp³-hybridized carbons (Fsp3) is 0.412. The highest BCUT2D eigenvalue weighted by Gasteiger charge is 2.01. The first-order valence-electron chi connectivity index (χ1n) is 7.72. The number of thiazole rings is 1. The van der Waals surface area contributed by atoms with Gasteiger partial charge in [-0.15, -0.1) is 47.1 Å². The van der Waals surface area contributed by atoms with E-state index in [1.807, 2.05) is 18.7 Å². The SMILES string of the molecule is CN=C(NCCSc1ccc(C)cc1)NCCc1csc(C)n1.I. The molecule has 0 unspecified atom stereocenters. The number of aryl methyl sites for hydroxylation is 2. The molecule has 2 N–H and O–H groups in total. The molecule has 1 aromatic carbocycles. The summed E-state index contributed by atoms with van der Waals surface area (Å²) in [7, 11) is 1.80. The van der Waals surface area contributed by atoms with E-state index in [0.29, 0.717) is 0 Å². The van der Waals surface area contributed by atoms with Crippen molar-refractivity contribution >= 4 is 53.0 Å². The predicted molar refractivity (Wildman–Crippen MR) is 117 cm³/mol. The van der Waals surface area contributed by atoms with Gasteiger partial charge in [0.2, 0.25) is 0 Å². The zero-order valence-corrected chi connectivity index (χ0v) is 18.3. The third-order valence-corrected chi connectivity index (χ3v) is 5.08. The van der Waals surface area contributed by atoms with Gasteiger partial charge in [0, 0.05) is 42.6 Å². The summed E-state index contributed by atoms with van der Waals surface area (Å²) in [5, 5.41) is 9.91. The van der Waals surface area contributed by atoms with Crippen LogP contribution in [0.5, 0.6) is 0 Å². The maximum Gasteiger partial charge on any atom is 0.191 e. The number of hydrogen-bond donors (Lipinski definition) is 2. The average Bonchev–Trinajstić information content (AvgIpc) is 2.97. The molecule has 0 saturated carbocycles. The van der Waals surface area contributed by atoms with E-state index in [4.69, 9.17) is 0 Å². The molecule has 2 rings (SSSR count). The summed E-state index contributed by atoms with van der Waals surface area (Å²) >= 11 is 3.55. The summed E-state index contributed by atoms with van der Waals surface area (Å²) < 4.78 is 0. The van der Waals surface area contributed by atoms with E-state index in [1.54, 1.807) is 18.4 Å². The monoisotopic (exact) mass is 476 g/mol. The van der Waals surface area contributed by atoms with Gasteiger partial charge in [-0.05, 0) is 26.0 Å². The molecule has 1 heterocycles. The first-order chi connectivity index (χ1) is 11.2. The fourth-order valence-electron chi connectivity index (χ4n) is 2.03. The van der Waals surface area contributed by atoms with Crippen LogP contribution in [-0.2, 0) is 6.42 Å². The van der Waals surface area contributed by atoms with Crippen molar-refractivity contribution in [1.82, 2.24) is 15.6 Å². The van der Waals surface area contributed by atoms with Gasteiger partial charge in [0.05, 0.1) is 10.7 Å². The molecular weight excluding hydrogens is 451 g/mol. The lowest BCUT2D eigenvalue weighted by Gasteiger charge is -2.11. The minimum Gasteiger partial charge on any atom is -0.356 e. The van der Waals surface area contributed by atoms with E-state index >= 15 is 0 Å². The van der Waals surface area contributed by atoms with Crippen LogP contribution in [0.4, 0.5) is 0 Å². The zero-order valence-electron chi connectivity index (χ0n) is 14.3. The smallest absolute Gasteiger partial charge is 0.191 e. The number of thioether (sulfide) groups is 1. The molecule has 2 aromatic rings. The second-order valence-electron chi connectivity index (χ2n) is 5.20. The Bertz CT molecular complexity index is 626. The van der Waals surface area contributed by atoms with E-state index in [2.05, 4.69) is 57.2 Å². The highest BCUT2D eigenvalue weighted by molar-refractivity contribution is 14.0. The number of aliphatic imine (C=N–C) groups is 1. The van der Waals surface area contributed by atoms with Gasteiger partial charge in [-0.1, -0.05) is 17.7 Å². The quantitative estimate of drug-likeness (QED) is 0.209. The molecule has 0 atom stereocenters. The van der Waals surface area contributed by atoms with Crippen molar-refractivity contribution in [2.45, 2.75) is 25.2 Å². The van der Waals surface area contributed by atoms with Gasteiger partial charge in [0.1, 0.15) is 0 Å². The Morgan fingerprint density at radius 3 is 2.50 bits per heavy atom. The average molecular weight is 476 g/mol. The molecular formula is C17H25IN4S2. The standard InChI is InChI=1S/C17H24N4S2.HI/c1-13-4-6-16(7-5-13)22-11-10-20-17(18-3)19-9-8-15-12-23-14(2)21-15;/h4-7,12H,8-11H2,1-3H3,(H2,18,19,20);1H. The minimum absolute atomic E-state index is 0. The third-order valence-electron chi connectivity index (χ3n) is 3.25. The topological polar surface area (TPSA) is 49.3 Å². The van der Waals surface area contributed by atoms with Crippen molar-refractivity contribution in [1.29, 1.82) is 0 Å². The lowest BCUT2D eigenvalue weighted by molar-refractivity contribution is 0.800. The number of nitrogens with one attached hydrogen (secondary N) is 2. The van der Waals surface area contributed by atoms with Crippen LogP contribution < -0.4 is 10.6 Å². The Hall–Kier alpha value is -0.800. The maximum absolute atomic E-state index is 4.46. The number of benzene rings is 1. The number of hydrogen-bond acceptors (Lipinski definition) is 4. The molecule has 0 fully saturated rings. The molecule has 132 valence electrons. The number of rotatable bonds is 7. The molecule has 0 spiro atoms. The lowest BCUT2D eigenvalue weighted by Crippen LogP contribution is -2.39. The minimum atomic E-state index is 0. The van der Waals surface area contributed by atoms with Crippen molar-refractivity contribution in [3.05, 3.63) is 45.9 Å². The van der Waals surface area contributed by atoms with E-state index in [9.17, 15) is 0 Å². The molecule has 1 aromatic heterocycles. The van der Waals surface area contributed by atoms with Gasteiger partial charge in [-0.3, -0.25) is 4.99 Å². The fourth-order valence-corrected chi connectivity index (χ4v) is 3.44.